The van der Waals surface area contributed by atoms with E-state index in [4.69, 9.17) is 4.74 Å². The van der Waals surface area contributed by atoms with Crippen molar-refractivity contribution in [2.75, 3.05) is 48.4 Å². The van der Waals surface area contributed by atoms with Gasteiger partial charge < -0.3 is 20.3 Å². The Balaban J connectivity index is 1.33. The van der Waals surface area contributed by atoms with Crippen LogP contribution in [0, 0.1) is 0 Å². The van der Waals surface area contributed by atoms with E-state index in [1.54, 1.807) is 35.8 Å². The number of amides is 2. The van der Waals surface area contributed by atoms with Crippen molar-refractivity contribution in [3.8, 4) is 5.75 Å². The average molecular weight is 451 g/mol. The van der Waals surface area contributed by atoms with Crippen molar-refractivity contribution in [3.63, 3.8) is 0 Å². The van der Waals surface area contributed by atoms with Crippen LogP contribution in [-0.4, -0.2) is 55.1 Å². The second-order valence-electron chi connectivity index (χ2n) is 7.51. The van der Waals surface area contributed by atoms with Crippen molar-refractivity contribution >= 4 is 40.3 Å². The Morgan fingerprint density at radius 3 is 2.91 bits per heavy atom. The molecule has 0 unspecified atom stereocenters. The molecule has 2 N–H and O–H groups in total. The topological polar surface area (TPSA) is 99.7 Å². The number of anilines is 3. The van der Waals surface area contributed by atoms with Gasteiger partial charge in [-0.15, -0.1) is 11.3 Å². The Kier molecular flexibility index (Phi) is 5.46. The number of thiazole rings is 1. The first kappa shape index (κ1) is 20.4. The summed E-state index contributed by atoms with van der Waals surface area (Å²) in [5.74, 6) is 0.628. The van der Waals surface area contributed by atoms with Crippen LogP contribution in [0.3, 0.4) is 0 Å². The highest BCUT2D eigenvalue weighted by molar-refractivity contribution is 7.12. The van der Waals surface area contributed by atoms with Crippen LogP contribution >= 0.6 is 11.3 Å². The number of aromatic nitrogens is 2. The Hall–Kier alpha value is -3.50. The highest BCUT2D eigenvalue weighted by Gasteiger charge is 2.31. The van der Waals surface area contributed by atoms with E-state index in [2.05, 4.69) is 25.5 Å². The number of hydrogen-bond donors (Lipinski definition) is 2. The van der Waals surface area contributed by atoms with Crippen LogP contribution < -0.4 is 25.2 Å². The predicted molar refractivity (Wildman–Crippen MR) is 123 cm³/mol. The number of nitrogens with zero attached hydrogens (tertiary/aromatic N) is 4. The molecule has 164 valence electrons. The van der Waals surface area contributed by atoms with Crippen LogP contribution in [0.4, 0.5) is 17.2 Å². The smallest absolute Gasteiger partial charge is 0.284 e. The van der Waals surface area contributed by atoms with Crippen LogP contribution in [0.5, 0.6) is 5.75 Å². The van der Waals surface area contributed by atoms with Gasteiger partial charge in [0.1, 0.15) is 11.6 Å². The number of fused-ring (bicyclic) bond motifs is 1. The summed E-state index contributed by atoms with van der Waals surface area (Å²) in [6.07, 6.45) is 3.37. The lowest BCUT2D eigenvalue weighted by atomic mass is 10.1. The van der Waals surface area contributed by atoms with E-state index in [0.29, 0.717) is 29.4 Å². The van der Waals surface area contributed by atoms with Crippen molar-refractivity contribution in [1.82, 2.24) is 15.3 Å². The molecule has 0 bridgehead atoms. The number of rotatable bonds is 5. The van der Waals surface area contributed by atoms with Gasteiger partial charge in [-0.25, -0.2) is 4.98 Å². The number of benzene rings is 1. The third kappa shape index (κ3) is 3.78. The quantitative estimate of drug-likeness (QED) is 0.616. The summed E-state index contributed by atoms with van der Waals surface area (Å²) in [5.41, 5.74) is 3.09. The van der Waals surface area contributed by atoms with Gasteiger partial charge in [-0.3, -0.25) is 19.5 Å². The second-order valence-corrected chi connectivity index (χ2v) is 8.37. The van der Waals surface area contributed by atoms with Gasteiger partial charge in [0, 0.05) is 43.3 Å². The van der Waals surface area contributed by atoms with E-state index < -0.39 is 0 Å². The standard InChI is InChI=1S/C22H22N6O3S/c1-31-15-3-2-14-12-28(22(30)16(14)10-15)19-13-32-21(26-19)20(29)25-17-11-24-5-4-18(17)27-8-6-23-7-9-27/h2-5,10-11,13,23H,6-9,12H2,1H3,(H,25,29). The van der Waals surface area contributed by atoms with E-state index in [0.717, 1.165) is 37.4 Å². The van der Waals surface area contributed by atoms with E-state index in [9.17, 15) is 9.59 Å². The Morgan fingerprint density at radius 2 is 2.09 bits per heavy atom. The molecule has 0 aliphatic carbocycles. The molecule has 0 radical (unpaired) electrons. The second kappa shape index (κ2) is 8.56. The summed E-state index contributed by atoms with van der Waals surface area (Å²) in [4.78, 5) is 38.2. The van der Waals surface area contributed by atoms with Gasteiger partial charge in [-0.05, 0) is 23.8 Å². The number of ether oxygens (including phenoxy) is 1. The van der Waals surface area contributed by atoms with Crippen LogP contribution in [0.15, 0.2) is 42.0 Å². The first-order valence-electron chi connectivity index (χ1n) is 10.3. The van der Waals surface area contributed by atoms with Gasteiger partial charge in [-0.1, -0.05) is 6.07 Å². The number of piperazine rings is 1. The molecular formula is C22H22N6O3S. The van der Waals surface area contributed by atoms with Crippen LogP contribution in [-0.2, 0) is 6.54 Å². The normalized spacial score (nSPS) is 15.6. The van der Waals surface area contributed by atoms with Crippen molar-refractivity contribution < 1.29 is 14.3 Å². The van der Waals surface area contributed by atoms with Crippen LogP contribution in [0.1, 0.15) is 25.7 Å². The van der Waals surface area contributed by atoms with Crippen molar-refractivity contribution in [3.05, 3.63) is 58.2 Å². The van der Waals surface area contributed by atoms with Crippen molar-refractivity contribution in [2.24, 2.45) is 0 Å². The minimum Gasteiger partial charge on any atom is -0.497 e. The Bertz CT molecular complexity index is 1170. The average Bonchev–Trinajstić information content (AvgIpc) is 3.45. The van der Waals surface area contributed by atoms with Crippen molar-refractivity contribution in [1.29, 1.82) is 0 Å². The van der Waals surface area contributed by atoms with E-state index in [1.165, 1.54) is 11.3 Å². The molecule has 10 heteroatoms. The zero-order valence-electron chi connectivity index (χ0n) is 17.5. The lowest BCUT2D eigenvalue weighted by Gasteiger charge is -2.30. The molecule has 0 atom stereocenters. The molecule has 1 saturated heterocycles. The summed E-state index contributed by atoms with van der Waals surface area (Å²) in [7, 11) is 1.57. The lowest BCUT2D eigenvalue weighted by Crippen LogP contribution is -2.43. The summed E-state index contributed by atoms with van der Waals surface area (Å²) < 4.78 is 5.23. The van der Waals surface area contributed by atoms with Crippen LogP contribution in [0.25, 0.3) is 0 Å². The summed E-state index contributed by atoms with van der Waals surface area (Å²) in [5, 5.41) is 8.28. The summed E-state index contributed by atoms with van der Waals surface area (Å²) in [6.45, 7) is 3.92. The minimum absolute atomic E-state index is 0.149. The molecule has 2 aliphatic rings. The first-order chi connectivity index (χ1) is 15.6. The third-order valence-electron chi connectivity index (χ3n) is 5.59. The molecule has 2 amide bonds. The SMILES string of the molecule is COc1ccc2c(c1)C(=O)N(c1csc(C(=O)Nc3cnccc3N3CCNCC3)n1)C2. The zero-order chi connectivity index (χ0) is 22.1. The van der Waals surface area contributed by atoms with Gasteiger partial charge in [-0.2, -0.15) is 0 Å². The monoisotopic (exact) mass is 450 g/mol. The highest BCUT2D eigenvalue weighted by Crippen LogP contribution is 2.32. The van der Waals surface area contributed by atoms with Crippen LogP contribution in [0.2, 0.25) is 0 Å². The number of carbonyl (C=O) groups is 2. The fourth-order valence-electron chi connectivity index (χ4n) is 3.93. The maximum Gasteiger partial charge on any atom is 0.284 e. The highest BCUT2D eigenvalue weighted by atomic mass is 32.1. The molecule has 2 aliphatic heterocycles. The molecule has 3 aromatic rings. The van der Waals surface area contributed by atoms with Gasteiger partial charge in [0.15, 0.2) is 5.01 Å². The number of hydrogen-bond acceptors (Lipinski definition) is 8. The fraction of sp³-hybridized carbons (Fsp3) is 0.273. The van der Waals surface area contributed by atoms with E-state index >= 15 is 0 Å². The predicted octanol–water partition coefficient (Wildman–Crippen LogP) is 2.37. The largest absolute Gasteiger partial charge is 0.497 e. The third-order valence-corrected chi connectivity index (χ3v) is 6.42. The van der Waals surface area contributed by atoms with Gasteiger partial charge in [0.25, 0.3) is 11.8 Å². The number of methoxy groups -OCH3 is 1. The molecule has 2 aromatic heterocycles. The zero-order valence-corrected chi connectivity index (χ0v) is 18.3. The molecule has 4 heterocycles. The van der Waals surface area contributed by atoms with Gasteiger partial charge in [0.2, 0.25) is 0 Å². The molecule has 0 spiro atoms. The molecule has 1 aromatic carbocycles. The maximum absolute atomic E-state index is 12.9. The van der Waals surface area contributed by atoms with Crippen molar-refractivity contribution in [2.45, 2.75) is 6.54 Å². The molecule has 1 fully saturated rings. The van der Waals surface area contributed by atoms with Gasteiger partial charge >= 0.3 is 0 Å². The van der Waals surface area contributed by atoms with E-state index in [1.807, 2.05) is 18.2 Å². The maximum atomic E-state index is 12.9. The number of carbonyl (C=O) groups excluding carboxylic acids is 2. The fourth-order valence-corrected chi connectivity index (χ4v) is 4.63. The molecule has 5 rings (SSSR count). The number of pyridine rings is 1. The summed E-state index contributed by atoms with van der Waals surface area (Å²) in [6, 6.07) is 7.35. The van der Waals surface area contributed by atoms with Gasteiger partial charge in [0.05, 0.1) is 31.2 Å². The summed E-state index contributed by atoms with van der Waals surface area (Å²) >= 11 is 1.21. The molecule has 0 saturated carbocycles. The van der Waals surface area contributed by atoms with E-state index in [-0.39, 0.29) is 16.8 Å². The first-order valence-corrected chi connectivity index (χ1v) is 11.2. The minimum atomic E-state index is -0.323. The molecule has 9 nitrogen and oxygen atoms in total. The Morgan fingerprint density at radius 1 is 1.25 bits per heavy atom. The Labute approximate surface area is 189 Å². The lowest BCUT2D eigenvalue weighted by molar-refractivity contribution is 0.0991. The molecular weight excluding hydrogens is 428 g/mol. The number of nitrogens with one attached hydrogen (secondary N) is 2. The molecule has 32 heavy (non-hydrogen) atoms.